The molecule has 1 atom stereocenters. The Morgan fingerprint density at radius 2 is 1.82 bits per heavy atom. The average Bonchev–Trinajstić information content (AvgIpc) is 3.35. The van der Waals surface area contributed by atoms with Gasteiger partial charge in [0.1, 0.15) is 0 Å². The second-order valence-corrected chi connectivity index (χ2v) is 8.85. The number of aryl methyl sites for hydroxylation is 1. The summed E-state index contributed by atoms with van der Waals surface area (Å²) in [6.45, 7) is 4.03. The molecule has 1 aromatic heterocycles. The van der Waals surface area contributed by atoms with Crippen molar-refractivity contribution < 1.29 is 13.2 Å². The molecule has 3 rings (SSSR count). The molecule has 2 N–H and O–H groups in total. The van der Waals surface area contributed by atoms with E-state index in [0.29, 0.717) is 18.7 Å². The largest absolute Gasteiger partial charge is 0.353 e. The molecule has 0 bridgehead atoms. The topological polar surface area (TPSA) is 83.4 Å². The van der Waals surface area contributed by atoms with Gasteiger partial charge in [0.15, 0.2) is 0 Å². The summed E-state index contributed by atoms with van der Waals surface area (Å²) in [5, 5.41) is 2.72. The predicted molar refractivity (Wildman–Crippen MR) is 110 cm³/mol. The summed E-state index contributed by atoms with van der Waals surface area (Å²) in [6.07, 6.45) is 4.63. The molecule has 0 radical (unpaired) electrons. The number of amides is 1. The molecule has 1 aromatic carbocycles. The third kappa shape index (κ3) is 4.81. The van der Waals surface area contributed by atoms with Crippen LogP contribution in [0.2, 0.25) is 0 Å². The second-order valence-electron chi connectivity index (χ2n) is 7.08. The van der Waals surface area contributed by atoms with Crippen LogP contribution in [0.3, 0.4) is 0 Å². The normalized spacial score (nSPS) is 16.2. The zero-order valence-corrected chi connectivity index (χ0v) is 17.2. The van der Waals surface area contributed by atoms with E-state index in [1.165, 1.54) is 12.1 Å². The highest BCUT2D eigenvalue weighted by Crippen LogP contribution is 2.25. The summed E-state index contributed by atoms with van der Waals surface area (Å²) in [6, 6.07) is 10.3. The molecular formula is C20H28N4O3S. The fourth-order valence-electron chi connectivity index (χ4n) is 3.53. The van der Waals surface area contributed by atoms with Crippen LogP contribution in [0.15, 0.2) is 47.5 Å². The molecule has 1 unspecified atom stereocenters. The van der Waals surface area contributed by atoms with Crippen LogP contribution in [0, 0.1) is 0 Å². The van der Waals surface area contributed by atoms with E-state index in [1.807, 2.05) is 29.9 Å². The molecule has 28 heavy (non-hydrogen) atoms. The van der Waals surface area contributed by atoms with E-state index < -0.39 is 10.0 Å². The van der Waals surface area contributed by atoms with Crippen LogP contribution < -0.4 is 10.0 Å². The second kappa shape index (κ2) is 8.89. The van der Waals surface area contributed by atoms with Crippen molar-refractivity contribution in [2.24, 2.45) is 7.05 Å². The quantitative estimate of drug-likeness (QED) is 0.708. The number of anilines is 1. The van der Waals surface area contributed by atoms with E-state index in [4.69, 9.17) is 0 Å². The molecule has 1 aliphatic rings. The fourth-order valence-corrected chi connectivity index (χ4v) is 4.57. The maximum atomic E-state index is 12.8. The van der Waals surface area contributed by atoms with Crippen LogP contribution in [0.4, 0.5) is 5.69 Å². The fraction of sp³-hybridized carbons (Fsp3) is 0.450. The number of aromatic nitrogens is 1. The van der Waals surface area contributed by atoms with E-state index in [-0.39, 0.29) is 16.8 Å². The van der Waals surface area contributed by atoms with Gasteiger partial charge >= 0.3 is 0 Å². The molecule has 0 spiro atoms. The van der Waals surface area contributed by atoms with Gasteiger partial charge in [-0.15, -0.1) is 0 Å². The zero-order chi connectivity index (χ0) is 20.1. The Hall–Kier alpha value is -2.16. The van der Waals surface area contributed by atoms with Crippen LogP contribution in [0.1, 0.15) is 37.9 Å². The van der Waals surface area contributed by atoms with Crippen LogP contribution in [-0.2, 0) is 21.9 Å². The van der Waals surface area contributed by atoms with E-state index in [1.54, 1.807) is 19.1 Å². The Bertz CT molecular complexity index is 900. The first-order valence-electron chi connectivity index (χ1n) is 9.65. The lowest BCUT2D eigenvalue weighted by molar-refractivity contribution is -0.115. The van der Waals surface area contributed by atoms with Gasteiger partial charge in [-0.1, -0.05) is 6.92 Å². The molecule has 1 aliphatic heterocycles. The van der Waals surface area contributed by atoms with Crippen molar-refractivity contribution in [2.45, 2.75) is 37.1 Å². The number of carbonyl (C=O) groups is 1. The first-order chi connectivity index (χ1) is 13.4. The van der Waals surface area contributed by atoms with E-state index in [0.717, 1.165) is 31.6 Å². The standard InChI is InChI=1S/C20H28N4O3S/c1-3-20(25)22-16-8-10-17(11-9-16)28(26,27)21-15-19(24-13-4-5-14-24)18-7-6-12-23(18)2/h6-12,19,21H,3-5,13-15H2,1-2H3,(H,22,25). The lowest BCUT2D eigenvalue weighted by Crippen LogP contribution is -2.37. The molecule has 8 heteroatoms. The number of nitrogens with zero attached hydrogens (tertiary/aromatic N) is 2. The Labute approximate surface area is 166 Å². The van der Waals surface area contributed by atoms with Gasteiger partial charge in [0.05, 0.1) is 10.9 Å². The van der Waals surface area contributed by atoms with E-state index >= 15 is 0 Å². The molecule has 0 aliphatic carbocycles. The van der Waals surface area contributed by atoms with E-state index in [2.05, 4.69) is 14.9 Å². The first-order valence-corrected chi connectivity index (χ1v) is 11.1. The van der Waals surface area contributed by atoms with E-state index in [9.17, 15) is 13.2 Å². The number of nitrogens with one attached hydrogen (secondary N) is 2. The van der Waals surface area contributed by atoms with Gasteiger partial charge in [0.2, 0.25) is 15.9 Å². The van der Waals surface area contributed by atoms with Gasteiger partial charge < -0.3 is 9.88 Å². The van der Waals surface area contributed by atoms with Crippen LogP contribution in [-0.4, -0.2) is 43.4 Å². The van der Waals surface area contributed by atoms with Gasteiger partial charge in [-0.2, -0.15) is 0 Å². The average molecular weight is 405 g/mol. The minimum absolute atomic E-state index is 0.000362. The maximum absolute atomic E-state index is 12.8. The Kier molecular flexibility index (Phi) is 6.53. The van der Waals surface area contributed by atoms with Crippen molar-refractivity contribution in [1.82, 2.24) is 14.2 Å². The molecule has 152 valence electrons. The molecule has 7 nitrogen and oxygen atoms in total. The van der Waals surface area contributed by atoms with Crippen molar-refractivity contribution in [3.63, 3.8) is 0 Å². The molecule has 1 fully saturated rings. The SMILES string of the molecule is CCC(=O)Nc1ccc(S(=O)(=O)NCC(c2cccn2C)N2CCCC2)cc1. The van der Waals surface area contributed by atoms with Crippen molar-refractivity contribution in [3.8, 4) is 0 Å². The Morgan fingerprint density at radius 1 is 1.14 bits per heavy atom. The summed E-state index contributed by atoms with van der Waals surface area (Å²) < 4.78 is 30.4. The van der Waals surface area contributed by atoms with Gasteiger partial charge in [-0.3, -0.25) is 9.69 Å². The zero-order valence-electron chi connectivity index (χ0n) is 16.4. The van der Waals surface area contributed by atoms with Crippen LogP contribution >= 0.6 is 0 Å². The number of hydrogen-bond acceptors (Lipinski definition) is 4. The van der Waals surface area contributed by atoms with Gasteiger partial charge in [0, 0.05) is 37.6 Å². The summed E-state index contributed by atoms with van der Waals surface area (Å²) in [4.78, 5) is 14.0. The minimum Gasteiger partial charge on any atom is -0.353 e. The van der Waals surface area contributed by atoms with Gasteiger partial charge in [-0.25, -0.2) is 13.1 Å². The minimum atomic E-state index is -3.64. The number of benzene rings is 1. The number of rotatable bonds is 8. The van der Waals surface area contributed by atoms with Gasteiger partial charge in [-0.05, 0) is 62.3 Å². The number of carbonyl (C=O) groups excluding carboxylic acids is 1. The summed E-state index contributed by atoms with van der Waals surface area (Å²) >= 11 is 0. The lowest BCUT2D eigenvalue weighted by atomic mass is 10.2. The molecule has 1 amide bonds. The highest BCUT2D eigenvalue weighted by atomic mass is 32.2. The van der Waals surface area contributed by atoms with Gasteiger partial charge in [0.25, 0.3) is 0 Å². The molecule has 1 saturated heterocycles. The number of sulfonamides is 1. The monoisotopic (exact) mass is 404 g/mol. The van der Waals surface area contributed by atoms with Crippen LogP contribution in [0.5, 0.6) is 0 Å². The number of hydrogen-bond donors (Lipinski definition) is 2. The first kappa shape index (κ1) is 20.6. The highest BCUT2D eigenvalue weighted by Gasteiger charge is 2.27. The molecule has 2 heterocycles. The third-order valence-electron chi connectivity index (χ3n) is 5.14. The Balaban J connectivity index is 1.71. The Morgan fingerprint density at radius 3 is 2.39 bits per heavy atom. The van der Waals surface area contributed by atoms with Crippen molar-refractivity contribution in [1.29, 1.82) is 0 Å². The van der Waals surface area contributed by atoms with Crippen molar-refractivity contribution in [3.05, 3.63) is 48.3 Å². The lowest BCUT2D eigenvalue weighted by Gasteiger charge is -2.28. The van der Waals surface area contributed by atoms with Crippen molar-refractivity contribution >= 4 is 21.6 Å². The summed E-state index contributed by atoms with van der Waals surface area (Å²) in [5.74, 6) is -0.107. The number of likely N-dealkylation sites (tertiary alicyclic amines) is 1. The van der Waals surface area contributed by atoms with Crippen LogP contribution in [0.25, 0.3) is 0 Å². The summed E-state index contributed by atoms with van der Waals surface area (Å²) in [5.41, 5.74) is 1.69. The molecule has 0 saturated carbocycles. The highest BCUT2D eigenvalue weighted by molar-refractivity contribution is 7.89. The maximum Gasteiger partial charge on any atom is 0.240 e. The smallest absolute Gasteiger partial charge is 0.240 e. The molecule has 2 aromatic rings. The molecular weight excluding hydrogens is 376 g/mol. The van der Waals surface area contributed by atoms with Crippen molar-refractivity contribution in [2.75, 3.05) is 25.0 Å². The third-order valence-corrected chi connectivity index (χ3v) is 6.58. The summed E-state index contributed by atoms with van der Waals surface area (Å²) in [7, 11) is -1.66. The predicted octanol–water partition coefficient (Wildman–Crippen LogP) is 2.49.